The van der Waals surface area contributed by atoms with Gasteiger partial charge >= 0.3 is 5.69 Å². The molecule has 2 aromatic carbocycles. The number of para-hydroxylation sites is 1. The number of hydrogen-bond acceptors (Lipinski definition) is 6. The molecule has 0 saturated heterocycles. The smallest absolute Gasteiger partial charge is 0.316 e. The molecule has 0 aliphatic carbocycles. The highest BCUT2D eigenvalue weighted by Gasteiger charge is 2.21. The van der Waals surface area contributed by atoms with Crippen molar-refractivity contribution in [2.45, 2.75) is 6.04 Å². The SMILES string of the molecule is NNc1cccc(NC(CO)c2ccccc2)c1[N+](=O)[O-]. The molecule has 7 nitrogen and oxygen atoms in total. The van der Waals surface area contributed by atoms with E-state index in [1.54, 1.807) is 12.1 Å². The van der Waals surface area contributed by atoms with Crippen molar-refractivity contribution in [2.75, 3.05) is 17.3 Å². The van der Waals surface area contributed by atoms with Gasteiger partial charge in [0, 0.05) is 0 Å². The Bertz CT molecular complexity index is 619. The molecule has 1 atom stereocenters. The normalized spacial score (nSPS) is 11.7. The number of nitrogens with two attached hydrogens (primary N) is 1. The fourth-order valence-corrected chi connectivity index (χ4v) is 2.08. The van der Waals surface area contributed by atoms with Gasteiger partial charge in [-0.15, -0.1) is 0 Å². The molecule has 0 bridgehead atoms. The molecule has 0 aliphatic heterocycles. The van der Waals surface area contributed by atoms with Crippen LogP contribution < -0.4 is 16.6 Å². The Morgan fingerprint density at radius 2 is 1.81 bits per heavy atom. The lowest BCUT2D eigenvalue weighted by Gasteiger charge is -2.18. The molecule has 0 saturated carbocycles. The number of nitro groups is 1. The summed E-state index contributed by atoms with van der Waals surface area (Å²) in [5.74, 6) is 5.30. The van der Waals surface area contributed by atoms with Crippen LogP contribution in [0.2, 0.25) is 0 Å². The summed E-state index contributed by atoms with van der Waals surface area (Å²) in [5, 5.41) is 23.7. The van der Waals surface area contributed by atoms with Crippen LogP contribution in [0.4, 0.5) is 17.1 Å². The molecule has 7 heteroatoms. The third-order valence-corrected chi connectivity index (χ3v) is 3.09. The van der Waals surface area contributed by atoms with Gasteiger partial charge in [0.15, 0.2) is 0 Å². The molecule has 0 amide bonds. The average Bonchev–Trinajstić information content (AvgIpc) is 2.52. The number of aliphatic hydroxyl groups is 1. The number of nitrogens with zero attached hydrogens (tertiary/aromatic N) is 1. The summed E-state index contributed by atoms with van der Waals surface area (Å²) >= 11 is 0. The number of nitro benzene ring substituents is 1. The van der Waals surface area contributed by atoms with Crippen LogP contribution in [0.15, 0.2) is 48.5 Å². The number of benzene rings is 2. The first-order valence-electron chi connectivity index (χ1n) is 6.33. The van der Waals surface area contributed by atoms with Crippen molar-refractivity contribution in [3.05, 3.63) is 64.2 Å². The second-order valence-corrected chi connectivity index (χ2v) is 4.39. The van der Waals surface area contributed by atoms with Gasteiger partial charge in [-0.05, 0) is 17.7 Å². The Morgan fingerprint density at radius 3 is 2.38 bits per heavy atom. The van der Waals surface area contributed by atoms with Gasteiger partial charge in [-0.1, -0.05) is 36.4 Å². The van der Waals surface area contributed by atoms with Crippen LogP contribution in [-0.2, 0) is 0 Å². The number of nitrogens with one attached hydrogen (secondary N) is 2. The first kappa shape index (κ1) is 14.8. The van der Waals surface area contributed by atoms with E-state index in [9.17, 15) is 15.2 Å². The lowest BCUT2D eigenvalue weighted by atomic mass is 10.1. The maximum absolute atomic E-state index is 11.2. The van der Waals surface area contributed by atoms with E-state index < -0.39 is 11.0 Å². The largest absolute Gasteiger partial charge is 0.394 e. The number of hydrogen-bond donors (Lipinski definition) is 4. The monoisotopic (exact) mass is 288 g/mol. The zero-order valence-corrected chi connectivity index (χ0v) is 11.2. The summed E-state index contributed by atoms with van der Waals surface area (Å²) < 4.78 is 0. The lowest BCUT2D eigenvalue weighted by molar-refractivity contribution is -0.383. The van der Waals surface area contributed by atoms with Crippen molar-refractivity contribution in [1.29, 1.82) is 0 Å². The second-order valence-electron chi connectivity index (χ2n) is 4.39. The Kier molecular flexibility index (Phi) is 4.70. The van der Waals surface area contributed by atoms with Gasteiger partial charge < -0.3 is 15.8 Å². The quantitative estimate of drug-likeness (QED) is 0.367. The third-order valence-electron chi connectivity index (χ3n) is 3.09. The third kappa shape index (κ3) is 3.28. The van der Waals surface area contributed by atoms with E-state index in [2.05, 4.69) is 10.7 Å². The molecule has 0 aliphatic rings. The van der Waals surface area contributed by atoms with E-state index in [1.807, 2.05) is 30.3 Å². The van der Waals surface area contributed by atoms with E-state index in [0.717, 1.165) is 5.56 Å². The number of hydrazine groups is 1. The Labute approximate surface area is 121 Å². The van der Waals surface area contributed by atoms with Crippen molar-refractivity contribution < 1.29 is 10.0 Å². The van der Waals surface area contributed by atoms with Gasteiger partial charge in [-0.25, -0.2) is 0 Å². The number of anilines is 2. The highest BCUT2D eigenvalue weighted by atomic mass is 16.6. The maximum Gasteiger partial charge on any atom is 0.316 e. The van der Waals surface area contributed by atoms with Crippen molar-refractivity contribution in [3.8, 4) is 0 Å². The molecule has 0 spiro atoms. The standard InChI is InChI=1S/C14H16N4O3/c15-17-12-8-4-7-11(14(12)18(20)21)16-13(9-19)10-5-2-1-3-6-10/h1-8,13,16-17,19H,9,15H2. The summed E-state index contributed by atoms with van der Waals surface area (Å²) in [4.78, 5) is 10.7. The molecule has 110 valence electrons. The Morgan fingerprint density at radius 1 is 1.14 bits per heavy atom. The fourth-order valence-electron chi connectivity index (χ4n) is 2.08. The van der Waals surface area contributed by atoms with Gasteiger partial charge in [0.2, 0.25) is 0 Å². The van der Waals surface area contributed by atoms with Crippen LogP contribution >= 0.6 is 0 Å². The van der Waals surface area contributed by atoms with Crippen molar-refractivity contribution in [3.63, 3.8) is 0 Å². The molecule has 0 fully saturated rings. The molecular weight excluding hydrogens is 272 g/mol. The highest BCUT2D eigenvalue weighted by Crippen LogP contribution is 2.34. The van der Waals surface area contributed by atoms with Crippen molar-refractivity contribution in [1.82, 2.24) is 0 Å². The van der Waals surface area contributed by atoms with Crippen LogP contribution in [-0.4, -0.2) is 16.6 Å². The molecule has 0 heterocycles. The maximum atomic E-state index is 11.2. The minimum Gasteiger partial charge on any atom is -0.394 e. The summed E-state index contributed by atoms with van der Waals surface area (Å²) in [6, 6.07) is 13.5. The molecule has 1 unspecified atom stereocenters. The first-order valence-corrected chi connectivity index (χ1v) is 6.33. The Balaban J connectivity index is 2.36. The van der Waals surface area contributed by atoms with Crippen LogP contribution in [0.5, 0.6) is 0 Å². The predicted molar refractivity (Wildman–Crippen MR) is 80.8 cm³/mol. The minimum absolute atomic E-state index is 0.158. The topological polar surface area (TPSA) is 113 Å². The van der Waals surface area contributed by atoms with E-state index in [-0.39, 0.29) is 18.0 Å². The second kappa shape index (κ2) is 6.69. The summed E-state index contributed by atoms with van der Waals surface area (Å²) in [7, 11) is 0. The predicted octanol–water partition coefficient (Wildman–Crippen LogP) is 2.03. The number of aliphatic hydroxyl groups excluding tert-OH is 1. The molecule has 5 N–H and O–H groups in total. The zero-order valence-electron chi connectivity index (χ0n) is 11.2. The number of rotatable bonds is 6. The molecule has 2 rings (SSSR count). The molecule has 0 aromatic heterocycles. The van der Waals surface area contributed by atoms with Gasteiger partial charge in [0.25, 0.3) is 0 Å². The van der Waals surface area contributed by atoms with Crippen LogP contribution in [0.1, 0.15) is 11.6 Å². The molecule has 21 heavy (non-hydrogen) atoms. The highest BCUT2D eigenvalue weighted by molar-refractivity contribution is 5.76. The molecule has 2 aromatic rings. The summed E-state index contributed by atoms with van der Waals surface area (Å²) in [6.45, 7) is -0.193. The van der Waals surface area contributed by atoms with Crippen LogP contribution in [0.3, 0.4) is 0 Å². The van der Waals surface area contributed by atoms with Gasteiger partial charge in [0.1, 0.15) is 11.4 Å². The Hall–Kier alpha value is -2.64. The van der Waals surface area contributed by atoms with Crippen LogP contribution in [0.25, 0.3) is 0 Å². The van der Waals surface area contributed by atoms with Crippen LogP contribution in [0, 0.1) is 10.1 Å². The fraction of sp³-hybridized carbons (Fsp3) is 0.143. The first-order chi connectivity index (χ1) is 10.2. The van der Waals surface area contributed by atoms with Crippen molar-refractivity contribution >= 4 is 17.1 Å². The van der Waals surface area contributed by atoms with Gasteiger partial charge in [-0.3, -0.25) is 16.0 Å². The van der Waals surface area contributed by atoms with Gasteiger partial charge in [-0.2, -0.15) is 0 Å². The van der Waals surface area contributed by atoms with E-state index >= 15 is 0 Å². The van der Waals surface area contributed by atoms with E-state index in [4.69, 9.17) is 5.84 Å². The summed E-state index contributed by atoms with van der Waals surface area (Å²) in [6.07, 6.45) is 0. The number of nitrogen functional groups attached to an aromatic ring is 1. The average molecular weight is 288 g/mol. The molecular formula is C14H16N4O3. The van der Waals surface area contributed by atoms with Gasteiger partial charge in [0.05, 0.1) is 17.6 Å². The molecule has 0 radical (unpaired) electrons. The zero-order chi connectivity index (χ0) is 15.2. The van der Waals surface area contributed by atoms with E-state index in [0.29, 0.717) is 5.69 Å². The summed E-state index contributed by atoms with van der Waals surface area (Å²) in [5.41, 5.74) is 3.47. The minimum atomic E-state index is -0.517. The lowest BCUT2D eigenvalue weighted by Crippen LogP contribution is -2.17. The van der Waals surface area contributed by atoms with E-state index in [1.165, 1.54) is 6.07 Å². The van der Waals surface area contributed by atoms with Crippen molar-refractivity contribution in [2.24, 2.45) is 5.84 Å².